The number of furan rings is 1. The smallest absolute Gasteiger partial charge is 0.331 e. The highest BCUT2D eigenvalue weighted by molar-refractivity contribution is 6.30. The Labute approximate surface area is 123 Å². The van der Waals surface area contributed by atoms with Gasteiger partial charge < -0.3 is 9.25 Å². The van der Waals surface area contributed by atoms with E-state index in [1.807, 2.05) is 0 Å². The Hall–Kier alpha value is -2.67. The molecule has 0 radical (unpaired) electrons. The molecule has 0 aliphatic heterocycles. The van der Waals surface area contributed by atoms with Crippen LogP contribution in [0.25, 0.3) is 11.3 Å². The Kier molecular flexibility index (Phi) is 4.34. The van der Waals surface area contributed by atoms with E-state index in [-0.39, 0.29) is 27.8 Å². The first-order valence-corrected chi connectivity index (χ1v) is 6.10. The van der Waals surface area contributed by atoms with Gasteiger partial charge >= 0.3 is 5.97 Å². The van der Waals surface area contributed by atoms with Gasteiger partial charge in [-0.25, -0.2) is 4.79 Å². The minimum atomic E-state index is -0.564. The van der Waals surface area contributed by atoms with Gasteiger partial charge in [-0.2, -0.15) is 0 Å². The van der Waals surface area contributed by atoms with Crippen molar-refractivity contribution >= 4 is 29.5 Å². The molecular formula is C13H9ClN2O5. The van der Waals surface area contributed by atoms with Crippen molar-refractivity contribution in [3.63, 3.8) is 0 Å². The summed E-state index contributed by atoms with van der Waals surface area (Å²) in [6.45, 7) is 1.21. The highest BCUT2D eigenvalue weighted by Gasteiger charge is 2.18. The molecule has 108 valence electrons. The van der Waals surface area contributed by atoms with Crippen LogP contribution in [0.2, 0.25) is 5.02 Å². The summed E-state index contributed by atoms with van der Waals surface area (Å²) in [5, 5.41) is 14.7. The third-order valence-corrected chi connectivity index (χ3v) is 2.65. The fraction of sp³-hybridized carbons (Fsp3) is 0.0769. The average molecular weight is 309 g/mol. The van der Waals surface area contributed by atoms with Crippen LogP contribution in [-0.2, 0) is 9.63 Å². The van der Waals surface area contributed by atoms with Crippen LogP contribution in [0, 0.1) is 10.1 Å². The molecule has 21 heavy (non-hydrogen) atoms. The Morgan fingerprint density at radius 3 is 2.86 bits per heavy atom. The molecule has 0 amide bonds. The zero-order valence-corrected chi connectivity index (χ0v) is 11.5. The molecule has 0 spiro atoms. The number of benzene rings is 1. The lowest BCUT2D eigenvalue weighted by Gasteiger charge is -2.00. The maximum absolute atomic E-state index is 11.0. The molecule has 1 aromatic heterocycles. The summed E-state index contributed by atoms with van der Waals surface area (Å²) in [5.74, 6) is 0.00417. The van der Waals surface area contributed by atoms with Crippen LogP contribution in [-0.4, -0.2) is 17.1 Å². The van der Waals surface area contributed by atoms with Crippen LogP contribution >= 0.6 is 11.6 Å². The first-order chi connectivity index (χ1) is 9.97. The van der Waals surface area contributed by atoms with Gasteiger partial charge in [0.2, 0.25) is 0 Å². The molecule has 0 atom stereocenters. The van der Waals surface area contributed by atoms with Gasteiger partial charge in [0, 0.05) is 18.0 Å². The molecule has 1 heterocycles. The quantitative estimate of drug-likeness (QED) is 0.373. The highest BCUT2D eigenvalue weighted by atomic mass is 35.5. The van der Waals surface area contributed by atoms with E-state index in [1.54, 1.807) is 12.1 Å². The van der Waals surface area contributed by atoms with Crippen molar-refractivity contribution in [3.8, 4) is 11.3 Å². The second-order valence-corrected chi connectivity index (χ2v) is 4.37. The zero-order chi connectivity index (χ0) is 15.4. The fourth-order valence-electron chi connectivity index (χ4n) is 1.58. The maximum Gasteiger partial charge on any atom is 0.331 e. The number of carbonyl (C=O) groups is 1. The van der Waals surface area contributed by atoms with Crippen LogP contribution in [0.5, 0.6) is 0 Å². The van der Waals surface area contributed by atoms with Crippen LogP contribution in [0.15, 0.2) is 39.9 Å². The van der Waals surface area contributed by atoms with Gasteiger partial charge in [-0.15, -0.1) is 0 Å². The van der Waals surface area contributed by atoms with E-state index in [1.165, 1.54) is 31.3 Å². The van der Waals surface area contributed by atoms with E-state index in [4.69, 9.17) is 16.0 Å². The minimum absolute atomic E-state index is 0.166. The van der Waals surface area contributed by atoms with Crippen LogP contribution < -0.4 is 0 Å². The van der Waals surface area contributed by atoms with Gasteiger partial charge in [-0.1, -0.05) is 16.8 Å². The molecule has 0 aliphatic carbocycles. The fourth-order valence-corrected chi connectivity index (χ4v) is 1.75. The standard InChI is InChI=1S/C13H9ClN2O5/c1-8(17)21-15-7-10-3-5-13(20-10)11-4-2-9(14)6-12(11)16(18)19/h2-7H,1H3/b15-7+. The van der Waals surface area contributed by atoms with Gasteiger partial charge in [0.25, 0.3) is 5.69 Å². The lowest BCUT2D eigenvalue weighted by Crippen LogP contribution is -1.91. The minimum Gasteiger partial charge on any atom is -0.455 e. The van der Waals surface area contributed by atoms with Gasteiger partial charge in [0.1, 0.15) is 17.7 Å². The van der Waals surface area contributed by atoms with Gasteiger partial charge in [-0.3, -0.25) is 10.1 Å². The number of hydrogen-bond donors (Lipinski definition) is 0. The number of rotatable bonds is 4. The van der Waals surface area contributed by atoms with Crippen molar-refractivity contribution in [1.82, 2.24) is 0 Å². The predicted octanol–water partition coefficient (Wildman–Crippen LogP) is 3.41. The maximum atomic E-state index is 11.0. The van der Waals surface area contributed by atoms with Crippen LogP contribution in [0.4, 0.5) is 5.69 Å². The highest BCUT2D eigenvalue weighted by Crippen LogP contribution is 2.33. The van der Waals surface area contributed by atoms with Crippen molar-refractivity contribution in [2.45, 2.75) is 6.92 Å². The van der Waals surface area contributed by atoms with E-state index in [0.29, 0.717) is 0 Å². The number of halogens is 1. The summed E-state index contributed by atoms with van der Waals surface area (Å²) in [6.07, 6.45) is 1.19. The van der Waals surface area contributed by atoms with E-state index in [0.717, 1.165) is 0 Å². The van der Waals surface area contributed by atoms with Gasteiger partial charge in [0.05, 0.1) is 10.5 Å². The summed E-state index contributed by atoms with van der Waals surface area (Å²) in [5.41, 5.74) is 0.122. The Bertz CT molecular complexity index is 723. The van der Waals surface area contributed by atoms with E-state index in [9.17, 15) is 14.9 Å². The van der Waals surface area contributed by atoms with Crippen LogP contribution in [0.3, 0.4) is 0 Å². The molecule has 7 nitrogen and oxygen atoms in total. The van der Waals surface area contributed by atoms with Crippen molar-refractivity contribution < 1.29 is 19.0 Å². The third-order valence-electron chi connectivity index (χ3n) is 2.41. The number of nitrogens with zero attached hydrogens (tertiary/aromatic N) is 2. The first-order valence-electron chi connectivity index (χ1n) is 5.72. The molecule has 1 aromatic carbocycles. The van der Waals surface area contributed by atoms with Crippen LogP contribution in [0.1, 0.15) is 12.7 Å². The summed E-state index contributed by atoms with van der Waals surface area (Å²) >= 11 is 5.75. The number of hydrogen-bond acceptors (Lipinski definition) is 6. The molecule has 0 saturated heterocycles. The average Bonchev–Trinajstić information content (AvgIpc) is 2.86. The van der Waals surface area contributed by atoms with Crippen molar-refractivity contribution in [2.75, 3.05) is 0 Å². The second-order valence-electron chi connectivity index (χ2n) is 3.94. The molecular weight excluding hydrogens is 300 g/mol. The molecule has 0 N–H and O–H groups in total. The summed E-state index contributed by atoms with van der Waals surface area (Å²) < 4.78 is 5.39. The second kappa shape index (κ2) is 6.19. The Balaban J connectivity index is 2.31. The Morgan fingerprint density at radius 2 is 2.19 bits per heavy atom. The van der Waals surface area contributed by atoms with Crippen molar-refractivity contribution in [3.05, 3.63) is 51.2 Å². The largest absolute Gasteiger partial charge is 0.455 e. The normalized spacial score (nSPS) is 10.8. The number of nitro benzene ring substituents is 1. The molecule has 2 aromatic rings. The first kappa shape index (κ1) is 14.7. The number of nitro groups is 1. The van der Waals surface area contributed by atoms with E-state index in [2.05, 4.69) is 9.99 Å². The van der Waals surface area contributed by atoms with Crippen molar-refractivity contribution in [1.29, 1.82) is 0 Å². The number of carbonyl (C=O) groups excluding carboxylic acids is 1. The lowest BCUT2D eigenvalue weighted by molar-refractivity contribution is -0.384. The predicted molar refractivity (Wildman–Crippen MR) is 75.2 cm³/mol. The molecule has 0 aliphatic rings. The molecule has 0 unspecified atom stereocenters. The molecule has 0 bridgehead atoms. The summed E-state index contributed by atoms with van der Waals surface area (Å²) in [4.78, 5) is 25.4. The molecule has 0 fully saturated rings. The SMILES string of the molecule is CC(=O)O/N=C/c1ccc(-c2ccc(Cl)cc2[N+](=O)[O-])o1. The Morgan fingerprint density at radius 1 is 1.43 bits per heavy atom. The molecule has 0 saturated carbocycles. The van der Waals surface area contributed by atoms with Crippen molar-refractivity contribution in [2.24, 2.45) is 5.16 Å². The molecule has 8 heteroatoms. The van der Waals surface area contributed by atoms with Gasteiger partial charge in [-0.05, 0) is 24.3 Å². The summed E-state index contributed by atoms with van der Waals surface area (Å²) in [6, 6.07) is 7.35. The number of oxime groups is 1. The monoisotopic (exact) mass is 308 g/mol. The third kappa shape index (κ3) is 3.67. The zero-order valence-electron chi connectivity index (χ0n) is 10.8. The van der Waals surface area contributed by atoms with E-state index >= 15 is 0 Å². The van der Waals surface area contributed by atoms with Gasteiger partial charge in [0.15, 0.2) is 0 Å². The molecule has 2 rings (SSSR count). The summed E-state index contributed by atoms with van der Waals surface area (Å²) in [7, 11) is 0. The van der Waals surface area contributed by atoms with E-state index < -0.39 is 10.9 Å². The topological polar surface area (TPSA) is 94.9 Å². The lowest BCUT2D eigenvalue weighted by atomic mass is 10.1.